The summed E-state index contributed by atoms with van der Waals surface area (Å²) in [5.41, 5.74) is 7.92. The average Bonchev–Trinajstić information content (AvgIpc) is 3.49. The van der Waals surface area contributed by atoms with Gasteiger partial charge in [0.1, 0.15) is 12.4 Å². The Morgan fingerprint density at radius 3 is 2.39 bits per heavy atom. The molecule has 2 aromatic heterocycles. The summed E-state index contributed by atoms with van der Waals surface area (Å²) in [7, 11) is 0. The summed E-state index contributed by atoms with van der Waals surface area (Å²) >= 11 is 0. The maximum Gasteiger partial charge on any atom is 0.406 e. The Morgan fingerprint density at radius 1 is 0.939 bits per heavy atom. The van der Waals surface area contributed by atoms with Gasteiger partial charge in [-0.2, -0.15) is 13.2 Å². The van der Waals surface area contributed by atoms with Gasteiger partial charge in [-0.05, 0) is 54.3 Å². The molecule has 1 fully saturated rings. The fraction of sp³-hybridized carbons (Fsp3) is 0.375. The van der Waals surface area contributed by atoms with Crippen LogP contribution in [0.4, 0.5) is 17.6 Å². The summed E-state index contributed by atoms with van der Waals surface area (Å²) in [6, 6.07) is 11.3. The van der Waals surface area contributed by atoms with Crippen LogP contribution >= 0.6 is 0 Å². The van der Waals surface area contributed by atoms with E-state index in [9.17, 15) is 22.4 Å². The largest absolute Gasteiger partial charge is 0.406 e. The number of aromatic nitrogens is 3. The van der Waals surface area contributed by atoms with Gasteiger partial charge in [0.15, 0.2) is 0 Å². The highest BCUT2D eigenvalue weighted by atomic mass is 19.4. The summed E-state index contributed by atoms with van der Waals surface area (Å²) in [6.45, 7) is -0.246. The Bertz CT molecular complexity index is 1390. The van der Waals surface area contributed by atoms with Crippen LogP contribution in [0.5, 0.6) is 0 Å². The minimum absolute atomic E-state index is 0.0426. The number of benzene rings is 2. The number of fused-ring (bicyclic) bond motifs is 2. The molecule has 0 bridgehead atoms. The molecule has 0 atom stereocenters. The first kappa shape index (κ1) is 21.8. The second-order valence-corrected chi connectivity index (χ2v) is 8.82. The molecule has 0 aliphatic heterocycles. The van der Waals surface area contributed by atoms with E-state index in [0.717, 1.165) is 47.3 Å². The molecule has 33 heavy (non-hydrogen) atoms. The minimum Gasteiger partial charge on any atom is -0.343 e. The van der Waals surface area contributed by atoms with Crippen LogP contribution < -0.4 is 11.4 Å². The second-order valence-electron chi connectivity index (χ2n) is 8.82. The third-order valence-electron chi connectivity index (χ3n) is 6.38. The maximum atomic E-state index is 14.0. The Hall–Kier alpha value is -3.07. The molecule has 2 N–H and O–H groups in total. The summed E-state index contributed by atoms with van der Waals surface area (Å²) in [5.74, 6) is 0.0754. The zero-order chi connectivity index (χ0) is 23.3. The van der Waals surface area contributed by atoms with Gasteiger partial charge in [0.25, 0.3) is 0 Å². The van der Waals surface area contributed by atoms with Crippen LogP contribution in [0.25, 0.3) is 21.9 Å². The predicted octanol–water partition coefficient (Wildman–Crippen LogP) is 4.77. The molecule has 0 amide bonds. The van der Waals surface area contributed by atoms with Gasteiger partial charge >= 0.3 is 11.9 Å². The van der Waals surface area contributed by atoms with Crippen LogP contribution in [0, 0.1) is 11.7 Å². The normalized spacial score (nSPS) is 14.6. The average molecular weight is 460 g/mol. The number of hydrogen-bond donors (Lipinski definition) is 1. The van der Waals surface area contributed by atoms with Gasteiger partial charge in [0.05, 0.1) is 17.6 Å². The Labute approximate surface area is 187 Å². The lowest BCUT2D eigenvalue weighted by atomic mass is 10.1. The minimum atomic E-state index is -4.57. The molecule has 0 radical (unpaired) electrons. The Balaban J connectivity index is 1.63. The van der Waals surface area contributed by atoms with Gasteiger partial charge in [0.2, 0.25) is 0 Å². The first-order chi connectivity index (χ1) is 15.7. The molecule has 9 heteroatoms. The number of nitrogens with two attached hydrogens (primary N) is 1. The number of hydrogen-bond acceptors (Lipinski definition) is 2. The molecule has 4 aromatic rings. The van der Waals surface area contributed by atoms with Crippen molar-refractivity contribution in [3.63, 3.8) is 0 Å². The van der Waals surface area contributed by atoms with Crippen molar-refractivity contribution in [2.24, 2.45) is 11.7 Å². The van der Waals surface area contributed by atoms with Crippen LogP contribution in [-0.2, 0) is 26.2 Å². The Morgan fingerprint density at radius 2 is 1.70 bits per heavy atom. The van der Waals surface area contributed by atoms with Crippen molar-refractivity contribution < 1.29 is 17.6 Å². The molecule has 0 spiro atoms. The van der Waals surface area contributed by atoms with Crippen LogP contribution in [0.2, 0.25) is 0 Å². The lowest BCUT2D eigenvalue weighted by Crippen LogP contribution is -2.30. The molecule has 1 saturated carbocycles. The van der Waals surface area contributed by atoms with E-state index in [-0.39, 0.29) is 17.6 Å². The molecule has 5 rings (SSSR count). The number of rotatable bonds is 7. The molecule has 174 valence electrons. The van der Waals surface area contributed by atoms with Gasteiger partial charge in [0, 0.05) is 29.7 Å². The van der Waals surface area contributed by atoms with Crippen LogP contribution in [0.15, 0.2) is 47.3 Å². The third-order valence-corrected chi connectivity index (χ3v) is 6.38. The standard InChI is InChI=1S/C24H24F4N4O/c25-18-4-6-21-22(11-18)31(23(33)32(21)14-24(26,27)28)13-19-10-17-9-16(12-29)3-5-20(17)30(19)8-7-15-1-2-15/h3-6,9-11,15H,1-2,7-8,12-14,29H2. The van der Waals surface area contributed by atoms with Crippen molar-refractivity contribution in [2.45, 2.75) is 51.6 Å². The predicted molar refractivity (Wildman–Crippen MR) is 118 cm³/mol. The van der Waals surface area contributed by atoms with E-state index in [4.69, 9.17) is 5.73 Å². The number of nitrogens with zero attached hydrogens (tertiary/aromatic N) is 3. The van der Waals surface area contributed by atoms with Gasteiger partial charge < -0.3 is 10.3 Å². The molecule has 0 saturated heterocycles. The van der Waals surface area contributed by atoms with Crippen molar-refractivity contribution in [1.82, 2.24) is 13.7 Å². The quantitative estimate of drug-likeness (QED) is 0.404. The van der Waals surface area contributed by atoms with E-state index in [1.54, 1.807) is 0 Å². The molecule has 2 aromatic carbocycles. The molecule has 1 aliphatic rings. The lowest BCUT2D eigenvalue weighted by molar-refractivity contribution is -0.140. The van der Waals surface area contributed by atoms with Gasteiger partial charge in [-0.1, -0.05) is 18.9 Å². The number of imidazole rings is 1. The van der Waals surface area contributed by atoms with Crippen molar-refractivity contribution in [1.29, 1.82) is 0 Å². The Kier molecular flexibility index (Phi) is 5.31. The number of alkyl halides is 3. The van der Waals surface area contributed by atoms with Crippen molar-refractivity contribution in [3.8, 4) is 0 Å². The first-order valence-corrected chi connectivity index (χ1v) is 11.0. The van der Waals surface area contributed by atoms with Gasteiger partial charge in [-0.25, -0.2) is 9.18 Å². The highest BCUT2D eigenvalue weighted by Gasteiger charge is 2.31. The van der Waals surface area contributed by atoms with E-state index in [0.29, 0.717) is 17.0 Å². The van der Waals surface area contributed by atoms with Crippen LogP contribution in [0.1, 0.15) is 30.5 Å². The third kappa shape index (κ3) is 4.29. The first-order valence-electron chi connectivity index (χ1n) is 11.0. The van der Waals surface area contributed by atoms with Crippen LogP contribution in [0.3, 0.4) is 0 Å². The zero-order valence-electron chi connectivity index (χ0n) is 17.9. The monoisotopic (exact) mass is 460 g/mol. The molecular weight excluding hydrogens is 436 g/mol. The van der Waals surface area contributed by atoms with E-state index in [1.165, 1.54) is 23.5 Å². The van der Waals surface area contributed by atoms with Gasteiger partial charge in [-0.3, -0.25) is 9.13 Å². The van der Waals surface area contributed by atoms with Crippen LogP contribution in [-0.4, -0.2) is 19.9 Å². The molecular formula is C24H24F4N4O. The van der Waals surface area contributed by atoms with E-state index in [2.05, 4.69) is 4.57 Å². The smallest absolute Gasteiger partial charge is 0.343 e. The summed E-state index contributed by atoms with van der Waals surface area (Å²) in [5, 5.41) is 0.960. The zero-order valence-corrected chi connectivity index (χ0v) is 17.9. The molecule has 5 nitrogen and oxygen atoms in total. The lowest BCUT2D eigenvalue weighted by Gasteiger charge is -2.12. The van der Waals surface area contributed by atoms with E-state index >= 15 is 0 Å². The van der Waals surface area contributed by atoms with E-state index in [1.807, 2.05) is 24.3 Å². The fourth-order valence-corrected chi connectivity index (χ4v) is 4.56. The summed E-state index contributed by atoms with van der Waals surface area (Å²) in [4.78, 5) is 13.1. The van der Waals surface area contributed by atoms with Crippen molar-refractivity contribution in [2.75, 3.05) is 0 Å². The SMILES string of the molecule is NCc1ccc2c(c1)cc(Cn1c(=O)n(CC(F)(F)F)c3ccc(F)cc31)n2CCC1CC1. The van der Waals surface area contributed by atoms with Crippen molar-refractivity contribution in [3.05, 3.63) is 70.0 Å². The molecule has 2 heterocycles. The molecule has 1 aliphatic carbocycles. The number of aryl methyl sites for hydroxylation is 1. The maximum absolute atomic E-state index is 14.0. The fourth-order valence-electron chi connectivity index (χ4n) is 4.56. The molecule has 0 unspecified atom stereocenters. The van der Waals surface area contributed by atoms with E-state index < -0.39 is 24.2 Å². The van der Waals surface area contributed by atoms with Crippen molar-refractivity contribution >= 4 is 21.9 Å². The van der Waals surface area contributed by atoms with Gasteiger partial charge in [-0.15, -0.1) is 0 Å². The highest BCUT2D eigenvalue weighted by Crippen LogP contribution is 2.34. The number of halogens is 4. The second kappa shape index (κ2) is 8.06. The summed E-state index contributed by atoms with van der Waals surface area (Å²) < 4.78 is 57.5. The highest BCUT2D eigenvalue weighted by molar-refractivity contribution is 5.82. The topological polar surface area (TPSA) is 57.9 Å². The summed E-state index contributed by atoms with van der Waals surface area (Å²) in [6.07, 6.45) is -1.17.